The summed E-state index contributed by atoms with van der Waals surface area (Å²) in [6.07, 6.45) is 3.70. The average Bonchev–Trinajstić information content (AvgIpc) is 3.86. The van der Waals surface area contributed by atoms with Crippen molar-refractivity contribution < 1.29 is 0 Å². The predicted octanol–water partition coefficient (Wildman–Crippen LogP) is 9.59. The van der Waals surface area contributed by atoms with Crippen LogP contribution in [0, 0.1) is 0 Å². The molecule has 0 fully saturated rings. The maximum absolute atomic E-state index is 4.86. The summed E-state index contributed by atoms with van der Waals surface area (Å²) in [5.41, 5.74) is 7.20. The quantitative estimate of drug-likeness (QED) is 0.190. The molecular weight excluding hydrogens is 603 g/mol. The maximum Gasteiger partial charge on any atom is 0.169 e. The molecule has 0 spiro atoms. The van der Waals surface area contributed by atoms with Gasteiger partial charge in [-0.2, -0.15) is 0 Å². The molecule has 0 aliphatic heterocycles. The lowest BCUT2D eigenvalue weighted by molar-refractivity contribution is 1.05. The second kappa shape index (κ2) is 10.9. The van der Waals surface area contributed by atoms with Crippen LogP contribution in [0.15, 0.2) is 164 Å². The van der Waals surface area contributed by atoms with Crippen LogP contribution in [0.1, 0.15) is 0 Å². The van der Waals surface area contributed by atoms with Crippen molar-refractivity contribution in [2.75, 3.05) is 0 Å². The molecule has 5 aromatic heterocycles. The van der Waals surface area contributed by atoms with Gasteiger partial charge in [-0.15, -0.1) is 10.2 Å². The summed E-state index contributed by atoms with van der Waals surface area (Å²) >= 11 is 0. The van der Waals surface area contributed by atoms with E-state index in [-0.39, 0.29) is 0 Å². The first-order valence-corrected chi connectivity index (χ1v) is 16.2. The van der Waals surface area contributed by atoms with E-state index >= 15 is 0 Å². The normalized spacial score (nSPS) is 11.7. The average molecular weight is 630 g/mol. The van der Waals surface area contributed by atoms with Crippen LogP contribution in [0.2, 0.25) is 0 Å². The van der Waals surface area contributed by atoms with Crippen molar-refractivity contribution in [3.05, 3.63) is 164 Å². The van der Waals surface area contributed by atoms with Crippen LogP contribution in [0.25, 0.3) is 83.7 Å². The van der Waals surface area contributed by atoms with Crippen LogP contribution < -0.4 is 0 Å². The SMILES string of the molecule is c1ccc(-n2c(-c3ccnc(-n4c5ccccc5c5ccccc54)c3)nnc2-c2ccnc(-n3c4ccccc4c4ccccc43)c2)cc1. The maximum atomic E-state index is 4.86. The van der Waals surface area contributed by atoms with Crippen LogP contribution in [0.3, 0.4) is 0 Å². The lowest BCUT2D eigenvalue weighted by Crippen LogP contribution is -2.03. The molecule has 0 unspecified atom stereocenters. The van der Waals surface area contributed by atoms with Crippen LogP contribution in [0.5, 0.6) is 0 Å². The largest absolute Gasteiger partial charge is 0.294 e. The van der Waals surface area contributed by atoms with E-state index in [1.807, 2.05) is 42.7 Å². The van der Waals surface area contributed by atoms with Gasteiger partial charge < -0.3 is 0 Å². The Morgan fingerprint density at radius 1 is 0.347 bits per heavy atom. The Hall–Kier alpha value is -6.86. The number of para-hydroxylation sites is 5. The van der Waals surface area contributed by atoms with Gasteiger partial charge in [-0.1, -0.05) is 91.0 Å². The van der Waals surface area contributed by atoms with Crippen molar-refractivity contribution in [3.63, 3.8) is 0 Å². The summed E-state index contributed by atoms with van der Waals surface area (Å²) in [5, 5.41) is 14.4. The summed E-state index contributed by atoms with van der Waals surface area (Å²) in [4.78, 5) is 9.72. The number of fused-ring (bicyclic) bond motifs is 6. The van der Waals surface area contributed by atoms with Gasteiger partial charge >= 0.3 is 0 Å². The molecule has 0 bridgehead atoms. The van der Waals surface area contributed by atoms with Crippen molar-refractivity contribution in [1.29, 1.82) is 0 Å². The molecule has 0 saturated carbocycles. The first kappa shape index (κ1) is 27.3. The Balaban J connectivity index is 1.16. The Kier molecular flexibility index (Phi) is 6.04. The molecule has 7 nitrogen and oxygen atoms in total. The van der Waals surface area contributed by atoms with Crippen molar-refractivity contribution in [1.82, 2.24) is 33.9 Å². The third-order valence-electron chi connectivity index (χ3n) is 9.30. The Morgan fingerprint density at radius 2 is 0.714 bits per heavy atom. The molecule has 0 saturated heterocycles. The van der Waals surface area contributed by atoms with Crippen molar-refractivity contribution in [2.24, 2.45) is 0 Å². The van der Waals surface area contributed by atoms with Crippen molar-refractivity contribution in [2.45, 2.75) is 0 Å². The number of nitrogens with zero attached hydrogens (tertiary/aromatic N) is 7. The van der Waals surface area contributed by atoms with E-state index in [0.717, 1.165) is 62.2 Å². The molecule has 5 heterocycles. The second-order valence-corrected chi connectivity index (χ2v) is 12.1. The molecule has 49 heavy (non-hydrogen) atoms. The topological polar surface area (TPSA) is 66.3 Å². The van der Waals surface area contributed by atoms with Gasteiger partial charge in [0.05, 0.1) is 22.1 Å². The zero-order chi connectivity index (χ0) is 32.3. The highest BCUT2D eigenvalue weighted by molar-refractivity contribution is 6.10. The smallest absolute Gasteiger partial charge is 0.169 e. The van der Waals surface area contributed by atoms with Gasteiger partial charge in [0.15, 0.2) is 11.6 Å². The second-order valence-electron chi connectivity index (χ2n) is 12.1. The Morgan fingerprint density at radius 3 is 1.12 bits per heavy atom. The number of rotatable bonds is 5. The highest BCUT2D eigenvalue weighted by atomic mass is 15.3. The van der Waals surface area contributed by atoms with Gasteiger partial charge in [-0.3, -0.25) is 13.7 Å². The molecule has 10 aromatic rings. The number of hydrogen-bond donors (Lipinski definition) is 0. The number of benzene rings is 5. The lowest BCUT2D eigenvalue weighted by Gasteiger charge is -2.13. The fourth-order valence-corrected chi connectivity index (χ4v) is 7.18. The highest BCUT2D eigenvalue weighted by Crippen LogP contribution is 2.35. The molecule has 0 N–H and O–H groups in total. The standard InChI is InChI=1S/C42H27N7/c1-2-12-30(13-3-1)47-41(28-22-24-43-39(26-28)48-35-18-8-4-14-31(35)32-15-5-9-19-36(32)48)45-46-42(47)29-23-25-44-40(27-29)49-37-20-10-6-16-33(37)34-17-7-11-21-38(34)49/h1-27H. The third kappa shape index (κ3) is 4.22. The molecular formula is C42H27N7. The lowest BCUT2D eigenvalue weighted by atomic mass is 10.2. The van der Waals surface area contributed by atoms with Crippen molar-refractivity contribution >= 4 is 43.6 Å². The van der Waals surface area contributed by atoms with Gasteiger partial charge in [-0.05, 0) is 60.7 Å². The molecule has 0 aliphatic carbocycles. The van der Waals surface area contributed by atoms with Crippen LogP contribution in [-0.2, 0) is 0 Å². The molecule has 0 amide bonds. The Labute approximate surface area is 281 Å². The van der Waals surface area contributed by atoms with E-state index in [9.17, 15) is 0 Å². The molecule has 0 atom stereocenters. The van der Waals surface area contributed by atoms with E-state index in [1.54, 1.807) is 0 Å². The van der Waals surface area contributed by atoms with Gasteiger partial charge in [0, 0.05) is 50.8 Å². The van der Waals surface area contributed by atoms with Crippen LogP contribution in [-0.4, -0.2) is 33.9 Å². The molecule has 5 aromatic carbocycles. The van der Waals surface area contributed by atoms with Gasteiger partial charge in [0.25, 0.3) is 0 Å². The molecule has 10 rings (SSSR count). The summed E-state index contributed by atoms with van der Waals surface area (Å²) in [6, 6.07) is 52.3. The Bertz CT molecular complexity index is 2560. The summed E-state index contributed by atoms with van der Waals surface area (Å²) in [6.45, 7) is 0. The summed E-state index contributed by atoms with van der Waals surface area (Å²) in [7, 11) is 0. The number of pyridine rings is 2. The molecule has 7 heteroatoms. The number of aromatic nitrogens is 7. The van der Waals surface area contributed by atoms with E-state index < -0.39 is 0 Å². The van der Waals surface area contributed by atoms with Gasteiger partial charge in [-0.25, -0.2) is 9.97 Å². The minimum atomic E-state index is 0.723. The van der Waals surface area contributed by atoms with Crippen LogP contribution >= 0.6 is 0 Å². The zero-order valence-electron chi connectivity index (χ0n) is 26.2. The first-order valence-electron chi connectivity index (χ1n) is 16.2. The van der Waals surface area contributed by atoms with Gasteiger partial charge in [0.2, 0.25) is 0 Å². The monoisotopic (exact) mass is 629 g/mol. The summed E-state index contributed by atoms with van der Waals surface area (Å²) in [5.74, 6) is 3.08. The van der Waals surface area contributed by atoms with E-state index in [2.05, 4.69) is 135 Å². The zero-order valence-corrected chi connectivity index (χ0v) is 26.2. The predicted molar refractivity (Wildman–Crippen MR) is 196 cm³/mol. The van der Waals surface area contributed by atoms with E-state index in [1.165, 1.54) is 21.5 Å². The van der Waals surface area contributed by atoms with Gasteiger partial charge in [0.1, 0.15) is 11.6 Å². The van der Waals surface area contributed by atoms with E-state index in [0.29, 0.717) is 0 Å². The van der Waals surface area contributed by atoms with Crippen molar-refractivity contribution in [3.8, 4) is 40.1 Å². The fourth-order valence-electron chi connectivity index (χ4n) is 7.18. The summed E-state index contributed by atoms with van der Waals surface area (Å²) < 4.78 is 6.56. The van der Waals surface area contributed by atoms with E-state index in [4.69, 9.17) is 20.2 Å². The third-order valence-corrected chi connectivity index (χ3v) is 9.30. The molecule has 0 radical (unpaired) electrons. The van der Waals surface area contributed by atoms with Crippen LogP contribution in [0.4, 0.5) is 0 Å². The number of hydrogen-bond acceptors (Lipinski definition) is 4. The fraction of sp³-hybridized carbons (Fsp3) is 0. The molecule has 230 valence electrons. The molecule has 0 aliphatic rings. The highest BCUT2D eigenvalue weighted by Gasteiger charge is 2.21. The minimum Gasteiger partial charge on any atom is -0.294 e. The minimum absolute atomic E-state index is 0.723. The first-order chi connectivity index (χ1) is 24.3.